The van der Waals surface area contributed by atoms with Crippen LogP contribution in [0.2, 0.25) is 0 Å². The van der Waals surface area contributed by atoms with E-state index in [0.29, 0.717) is 6.42 Å². The Morgan fingerprint density at radius 1 is 1.33 bits per heavy atom. The van der Waals surface area contributed by atoms with Crippen LogP contribution in [0.5, 0.6) is 0 Å². The van der Waals surface area contributed by atoms with Crippen LogP contribution in [-0.4, -0.2) is 21.5 Å². The SMILES string of the molecule is Cn1cc(CC(CO)Cc2cccc(F)c2)cn1. The quantitative estimate of drug-likeness (QED) is 0.878. The summed E-state index contributed by atoms with van der Waals surface area (Å²) in [4.78, 5) is 0. The van der Waals surface area contributed by atoms with Crippen LogP contribution in [0.4, 0.5) is 4.39 Å². The third kappa shape index (κ3) is 3.40. The number of nitrogens with zero attached hydrogens (tertiary/aromatic N) is 2. The maximum atomic E-state index is 13.1. The van der Waals surface area contributed by atoms with Gasteiger partial charge in [-0.1, -0.05) is 12.1 Å². The molecule has 0 amide bonds. The number of hydrogen-bond donors (Lipinski definition) is 1. The fourth-order valence-electron chi connectivity index (χ4n) is 2.11. The molecule has 1 atom stereocenters. The van der Waals surface area contributed by atoms with Crippen molar-refractivity contribution in [1.82, 2.24) is 9.78 Å². The molecule has 1 heterocycles. The molecule has 0 aliphatic rings. The smallest absolute Gasteiger partial charge is 0.123 e. The van der Waals surface area contributed by atoms with Crippen molar-refractivity contribution in [3.05, 3.63) is 53.6 Å². The van der Waals surface area contributed by atoms with E-state index in [1.54, 1.807) is 16.9 Å². The Bertz CT molecular complexity index is 510. The van der Waals surface area contributed by atoms with E-state index >= 15 is 0 Å². The number of rotatable bonds is 5. The van der Waals surface area contributed by atoms with E-state index in [4.69, 9.17) is 0 Å². The Labute approximate surface area is 106 Å². The topological polar surface area (TPSA) is 38.0 Å². The van der Waals surface area contributed by atoms with Crippen LogP contribution in [0.25, 0.3) is 0 Å². The third-order valence-corrected chi connectivity index (χ3v) is 2.95. The van der Waals surface area contributed by atoms with Gasteiger partial charge >= 0.3 is 0 Å². The van der Waals surface area contributed by atoms with E-state index in [2.05, 4.69) is 5.10 Å². The summed E-state index contributed by atoms with van der Waals surface area (Å²) < 4.78 is 14.8. The molecular weight excluding hydrogens is 231 g/mol. The fraction of sp³-hybridized carbons (Fsp3) is 0.357. The summed E-state index contributed by atoms with van der Waals surface area (Å²) in [5.41, 5.74) is 2.01. The van der Waals surface area contributed by atoms with Crippen molar-refractivity contribution in [2.75, 3.05) is 6.61 Å². The maximum Gasteiger partial charge on any atom is 0.123 e. The zero-order chi connectivity index (χ0) is 13.0. The molecule has 1 aromatic carbocycles. The summed E-state index contributed by atoms with van der Waals surface area (Å²) in [6.45, 7) is 0.0887. The second kappa shape index (κ2) is 5.78. The van der Waals surface area contributed by atoms with Crippen LogP contribution in [-0.2, 0) is 19.9 Å². The van der Waals surface area contributed by atoms with Gasteiger partial charge in [-0.05, 0) is 42.0 Å². The highest BCUT2D eigenvalue weighted by atomic mass is 19.1. The molecular formula is C14H17FN2O. The molecule has 0 aliphatic carbocycles. The Morgan fingerprint density at radius 2 is 2.11 bits per heavy atom. The zero-order valence-corrected chi connectivity index (χ0v) is 10.4. The number of hydrogen-bond acceptors (Lipinski definition) is 2. The Hall–Kier alpha value is -1.68. The van der Waals surface area contributed by atoms with Gasteiger partial charge in [0.05, 0.1) is 6.20 Å². The molecule has 96 valence electrons. The molecule has 0 aliphatic heterocycles. The monoisotopic (exact) mass is 248 g/mol. The standard InChI is InChI=1S/C14H17FN2O/c1-17-9-13(8-16-17)6-12(10-18)5-11-3-2-4-14(15)7-11/h2-4,7-9,12,18H,5-6,10H2,1H3. The second-order valence-corrected chi connectivity index (χ2v) is 4.61. The molecule has 1 N–H and O–H groups in total. The first kappa shape index (κ1) is 12.8. The van der Waals surface area contributed by atoms with Gasteiger partial charge in [0.15, 0.2) is 0 Å². The van der Waals surface area contributed by atoms with Crippen molar-refractivity contribution in [2.45, 2.75) is 12.8 Å². The van der Waals surface area contributed by atoms with Crippen molar-refractivity contribution in [3.8, 4) is 0 Å². The minimum atomic E-state index is -0.231. The number of aryl methyl sites for hydroxylation is 1. The van der Waals surface area contributed by atoms with E-state index in [9.17, 15) is 9.50 Å². The molecule has 4 heteroatoms. The molecule has 0 fully saturated rings. The average Bonchev–Trinajstić information content (AvgIpc) is 2.74. The lowest BCUT2D eigenvalue weighted by Crippen LogP contribution is -2.12. The number of aliphatic hydroxyl groups is 1. The predicted octanol–water partition coefficient (Wildman–Crippen LogP) is 1.95. The Kier molecular flexibility index (Phi) is 4.10. The molecule has 0 spiro atoms. The van der Waals surface area contributed by atoms with Gasteiger partial charge in [0.2, 0.25) is 0 Å². The highest BCUT2D eigenvalue weighted by Crippen LogP contribution is 2.15. The van der Waals surface area contributed by atoms with E-state index in [1.165, 1.54) is 12.1 Å². The summed E-state index contributed by atoms with van der Waals surface area (Å²) in [5, 5.41) is 13.5. The van der Waals surface area contributed by atoms with Crippen molar-refractivity contribution in [3.63, 3.8) is 0 Å². The van der Waals surface area contributed by atoms with Crippen LogP contribution in [0.1, 0.15) is 11.1 Å². The van der Waals surface area contributed by atoms with E-state index in [0.717, 1.165) is 17.5 Å². The van der Waals surface area contributed by atoms with E-state index in [-0.39, 0.29) is 18.3 Å². The normalized spacial score (nSPS) is 12.6. The molecule has 2 rings (SSSR count). The molecule has 1 unspecified atom stereocenters. The highest BCUT2D eigenvalue weighted by molar-refractivity contribution is 5.17. The van der Waals surface area contributed by atoms with Crippen LogP contribution in [0, 0.1) is 11.7 Å². The number of benzene rings is 1. The fourth-order valence-corrected chi connectivity index (χ4v) is 2.11. The van der Waals surface area contributed by atoms with E-state index in [1.807, 2.05) is 19.3 Å². The summed E-state index contributed by atoms with van der Waals surface area (Å²) in [5.74, 6) is -0.137. The van der Waals surface area contributed by atoms with Gasteiger partial charge in [0.1, 0.15) is 5.82 Å². The molecule has 0 saturated carbocycles. The molecule has 2 aromatic rings. The lowest BCUT2D eigenvalue weighted by atomic mass is 9.94. The minimum Gasteiger partial charge on any atom is -0.396 e. The van der Waals surface area contributed by atoms with Gasteiger partial charge in [-0.25, -0.2) is 4.39 Å². The highest BCUT2D eigenvalue weighted by Gasteiger charge is 2.11. The molecule has 0 bridgehead atoms. The van der Waals surface area contributed by atoms with Crippen molar-refractivity contribution >= 4 is 0 Å². The molecule has 18 heavy (non-hydrogen) atoms. The van der Waals surface area contributed by atoms with Crippen LogP contribution < -0.4 is 0 Å². The molecule has 3 nitrogen and oxygen atoms in total. The number of halogens is 1. The lowest BCUT2D eigenvalue weighted by molar-refractivity contribution is 0.225. The lowest BCUT2D eigenvalue weighted by Gasteiger charge is -2.13. The third-order valence-electron chi connectivity index (χ3n) is 2.95. The van der Waals surface area contributed by atoms with Crippen LogP contribution in [0.3, 0.4) is 0 Å². The first-order valence-electron chi connectivity index (χ1n) is 6.00. The number of aromatic nitrogens is 2. The summed E-state index contributed by atoms with van der Waals surface area (Å²) in [7, 11) is 1.87. The first-order chi connectivity index (χ1) is 8.67. The van der Waals surface area contributed by atoms with Gasteiger partial charge < -0.3 is 5.11 Å². The average molecular weight is 248 g/mol. The summed E-state index contributed by atoms with van der Waals surface area (Å²) in [6.07, 6.45) is 5.16. The molecule has 0 radical (unpaired) electrons. The second-order valence-electron chi connectivity index (χ2n) is 4.61. The minimum absolute atomic E-state index is 0.0887. The van der Waals surface area contributed by atoms with Crippen molar-refractivity contribution in [2.24, 2.45) is 13.0 Å². The predicted molar refractivity (Wildman–Crippen MR) is 67.6 cm³/mol. The van der Waals surface area contributed by atoms with Gasteiger partial charge in [0.25, 0.3) is 0 Å². The van der Waals surface area contributed by atoms with E-state index < -0.39 is 0 Å². The van der Waals surface area contributed by atoms with Gasteiger partial charge in [-0.2, -0.15) is 5.10 Å². The largest absolute Gasteiger partial charge is 0.396 e. The zero-order valence-electron chi connectivity index (χ0n) is 10.4. The first-order valence-corrected chi connectivity index (χ1v) is 6.00. The summed E-state index contributed by atoms with van der Waals surface area (Å²) >= 11 is 0. The van der Waals surface area contributed by atoms with Crippen molar-refractivity contribution in [1.29, 1.82) is 0 Å². The van der Waals surface area contributed by atoms with Gasteiger partial charge in [-0.15, -0.1) is 0 Å². The van der Waals surface area contributed by atoms with Gasteiger partial charge in [-0.3, -0.25) is 4.68 Å². The van der Waals surface area contributed by atoms with Crippen LogP contribution >= 0.6 is 0 Å². The van der Waals surface area contributed by atoms with Gasteiger partial charge in [0, 0.05) is 19.9 Å². The molecule has 1 aromatic heterocycles. The maximum absolute atomic E-state index is 13.1. The summed E-state index contributed by atoms with van der Waals surface area (Å²) in [6, 6.07) is 6.53. The molecule has 0 saturated heterocycles. The van der Waals surface area contributed by atoms with Crippen molar-refractivity contribution < 1.29 is 9.50 Å². The Balaban J connectivity index is 2.01. The Morgan fingerprint density at radius 3 is 2.72 bits per heavy atom. The number of aliphatic hydroxyl groups excluding tert-OH is 1. The van der Waals surface area contributed by atoms with Crippen LogP contribution in [0.15, 0.2) is 36.7 Å².